The summed E-state index contributed by atoms with van der Waals surface area (Å²) in [5.41, 5.74) is 0.926. The van der Waals surface area contributed by atoms with Gasteiger partial charge in [0.05, 0.1) is 26.1 Å². The number of ether oxygens (including phenoxy) is 2. The van der Waals surface area contributed by atoms with Crippen molar-refractivity contribution in [2.75, 3.05) is 27.8 Å². The minimum atomic E-state index is -0.197. The van der Waals surface area contributed by atoms with Crippen LogP contribution < -0.4 is 14.8 Å². The minimum absolute atomic E-state index is 0.0583. The second kappa shape index (κ2) is 8.74. The second-order valence-electron chi connectivity index (χ2n) is 6.47. The van der Waals surface area contributed by atoms with Crippen molar-refractivity contribution in [3.8, 4) is 11.5 Å². The molecule has 1 aromatic carbocycles. The molecule has 2 unspecified atom stereocenters. The van der Waals surface area contributed by atoms with Crippen LogP contribution in [0.5, 0.6) is 11.5 Å². The number of nitrogens with zero attached hydrogens (tertiary/aromatic N) is 1. The summed E-state index contributed by atoms with van der Waals surface area (Å²) in [6.45, 7) is 3.26. The number of hydrogen-bond acceptors (Lipinski definition) is 4. The number of carbonyl (C=O) groups excluding carboxylic acids is 2. The van der Waals surface area contributed by atoms with Crippen molar-refractivity contribution in [2.24, 2.45) is 11.8 Å². The summed E-state index contributed by atoms with van der Waals surface area (Å²) in [4.78, 5) is 26.3. The molecule has 1 aliphatic rings. The smallest absolute Gasteiger partial charge is 0.226 e. The Morgan fingerprint density at radius 2 is 1.92 bits per heavy atom. The van der Waals surface area contributed by atoms with E-state index in [0.29, 0.717) is 24.5 Å². The molecule has 6 heteroatoms. The highest BCUT2D eigenvalue weighted by Crippen LogP contribution is 2.40. The van der Waals surface area contributed by atoms with Crippen LogP contribution in [0.15, 0.2) is 18.2 Å². The van der Waals surface area contributed by atoms with Crippen LogP contribution in [-0.2, 0) is 16.1 Å². The van der Waals surface area contributed by atoms with Gasteiger partial charge in [-0.05, 0) is 30.5 Å². The van der Waals surface area contributed by atoms with Crippen molar-refractivity contribution < 1.29 is 19.1 Å². The van der Waals surface area contributed by atoms with E-state index in [9.17, 15) is 9.59 Å². The normalized spacial score (nSPS) is 18.4. The molecule has 0 radical (unpaired) electrons. The summed E-state index contributed by atoms with van der Waals surface area (Å²) >= 11 is 0. The van der Waals surface area contributed by atoms with E-state index in [1.807, 2.05) is 25.2 Å². The van der Waals surface area contributed by atoms with Crippen molar-refractivity contribution in [1.82, 2.24) is 10.2 Å². The Balaban J connectivity index is 1.83. The number of nitrogens with one attached hydrogen (secondary N) is 1. The molecule has 25 heavy (non-hydrogen) atoms. The lowest BCUT2D eigenvalue weighted by molar-refractivity contribution is -0.133. The largest absolute Gasteiger partial charge is 0.493 e. The highest BCUT2D eigenvalue weighted by atomic mass is 16.5. The molecule has 0 saturated heterocycles. The monoisotopic (exact) mass is 348 g/mol. The molecular formula is C19H28N2O4. The van der Waals surface area contributed by atoms with Crippen LogP contribution in [-0.4, -0.2) is 44.5 Å². The maximum Gasteiger partial charge on any atom is 0.226 e. The predicted molar refractivity (Wildman–Crippen MR) is 95.5 cm³/mol. The fourth-order valence-electron chi connectivity index (χ4n) is 2.86. The topological polar surface area (TPSA) is 67.9 Å². The van der Waals surface area contributed by atoms with Crippen molar-refractivity contribution in [1.29, 1.82) is 0 Å². The lowest BCUT2D eigenvalue weighted by atomic mass is 10.2. The molecule has 6 nitrogen and oxygen atoms in total. The van der Waals surface area contributed by atoms with Crippen LogP contribution in [0.1, 0.15) is 31.7 Å². The first kappa shape index (κ1) is 19.1. The van der Waals surface area contributed by atoms with Crippen LogP contribution >= 0.6 is 0 Å². The van der Waals surface area contributed by atoms with E-state index >= 15 is 0 Å². The number of benzene rings is 1. The number of rotatable bonds is 9. The Morgan fingerprint density at radius 3 is 2.56 bits per heavy atom. The summed E-state index contributed by atoms with van der Waals surface area (Å²) in [5, 5.41) is 2.91. The molecular weight excluding hydrogens is 320 g/mol. The van der Waals surface area contributed by atoms with Gasteiger partial charge in [-0.25, -0.2) is 0 Å². The molecule has 1 fully saturated rings. The maximum atomic E-state index is 12.3. The summed E-state index contributed by atoms with van der Waals surface area (Å²) in [6.07, 6.45) is 2.69. The van der Waals surface area contributed by atoms with Gasteiger partial charge in [-0.1, -0.05) is 19.4 Å². The number of hydrogen-bond donors (Lipinski definition) is 1. The zero-order valence-corrected chi connectivity index (χ0v) is 15.5. The molecule has 2 atom stereocenters. The van der Waals surface area contributed by atoms with Gasteiger partial charge >= 0.3 is 0 Å². The average Bonchev–Trinajstić information content (AvgIpc) is 3.43. The molecule has 1 saturated carbocycles. The van der Waals surface area contributed by atoms with Crippen LogP contribution in [0.2, 0.25) is 0 Å². The van der Waals surface area contributed by atoms with E-state index in [2.05, 4.69) is 12.2 Å². The van der Waals surface area contributed by atoms with Crippen LogP contribution in [0.4, 0.5) is 0 Å². The van der Waals surface area contributed by atoms with Gasteiger partial charge in [0, 0.05) is 20.1 Å². The summed E-state index contributed by atoms with van der Waals surface area (Å²) in [7, 11) is 4.98. The van der Waals surface area contributed by atoms with Gasteiger partial charge in [-0.3, -0.25) is 9.59 Å². The third-order valence-corrected chi connectivity index (χ3v) is 4.58. The number of carbonyl (C=O) groups is 2. The Labute approximate surface area is 149 Å². The molecule has 0 spiro atoms. The van der Waals surface area contributed by atoms with Crippen LogP contribution in [0.3, 0.4) is 0 Å². The van der Waals surface area contributed by atoms with Gasteiger partial charge in [-0.2, -0.15) is 0 Å². The molecule has 2 amide bonds. The first-order valence-electron chi connectivity index (χ1n) is 8.75. The predicted octanol–water partition coefficient (Wildman–Crippen LogP) is 2.21. The fourth-order valence-corrected chi connectivity index (χ4v) is 2.86. The highest BCUT2D eigenvalue weighted by molar-refractivity contribution is 5.92. The first-order valence-corrected chi connectivity index (χ1v) is 8.75. The SMILES string of the molecule is CCCCN(C)C(=O)C1CC1C(=O)NCc1ccc(OC)c(OC)c1. The van der Waals surface area contributed by atoms with Gasteiger partial charge in [-0.15, -0.1) is 0 Å². The minimum Gasteiger partial charge on any atom is -0.493 e. The molecule has 0 aliphatic heterocycles. The van der Waals surface area contributed by atoms with Crippen molar-refractivity contribution >= 4 is 11.8 Å². The number of amides is 2. The molecule has 1 aliphatic carbocycles. The van der Waals surface area contributed by atoms with Crippen LogP contribution in [0, 0.1) is 11.8 Å². The summed E-state index contributed by atoms with van der Waals surface area (Å²) in [6, 6.07) is 5.54. The van der Waals surface area contributed by atoms with Crippen molar-refractivity contribution in [3.05, 3.63) is 23.8 Å². The third-order valence-electron chi connectivity index (χ3n) is 4.58. The molecule has 1 aromatic rings. The molecule has 1 N–H and O–H groups in total. The molecule has 0 bridgehead atoms. The Bertz CT molecular complexity index is 617. The number of unbranched alkanes of at least 4 members (excludes halogenated alkanes) is 1. The standard InChI is InChI=1S/C19H28N2O4/c1-5-6-9-21(2)19(23)15-11-14(15)18(22)20-12-13-7-8-16(24-3)17(10-13)25-4/h7-8,10,14-15H,5-6,9,11-12H2,1-4H3,(H,20,22). The van der Waals surface area contributed by atoms with Gasteiger partial charge < -0.3 is 19.7 Å². The van der Waals surface area contributed by atoms with E-state index in [-0.39, 0.29) is 23.7 Å². The quantitative estimate of drug-likeness (QED) is 0.743. The lowest BCUT2D eigenvalue weighted by Crippen LogP contribution is -2.32. The van der Waals surface area contributed by atoms with Gasteiger partial charge in [0.1, 0.15) is 0 Å². The first-order chi connectivity index (χ1) is 12.0. The summed E-state index contributed by atoms with van der Waals surface area (Å²) < 4.78 is 10.5. The number of methoxy groups -OCH3 is 2. The molecule has 138 valence electrons. The fraction of sp³-hybridized carbons (Fsp3) is 0.579. The van der Waals surface area contributed by atoms with E-state index < -0.39 is 0 Å². The Morgan fingerprint density at radius 1 is 1.20 bits per heavy atom. The zero-order chi connectivity index (χ0) is 18.4. The van der Waals surface area contributed by atoms with Gasteiger partial charge in [0.15, 0.2) is 11.5 Å². The van der Waals surface area contributed by atoms with Crippen molar-refractivity contribution in [3.63, 3.8) is 0 Å². The average molecular weight is 348 g/mol. The van der Waals surface area contributed by atoms with Crippen LogP contribution in [0.25, 0.3) is 0 Å². The summed E-state index contributed by atoms with van der Waals surface area (Å²) in [5.74, 6) is 0.951. The third kappa shape index (κ3) is 4.87. The molecule has 0 aromatic heterocycles. The zero-order valence-electron chi connectivity index (χ0n) is 15.5. The molecule has 2 rings (SSSR count). The van der Waals surface area contributed by atoms with E-state index in [4.69, 9.17) is 9.47 Å². The van der Waals surface area contributed by atoms with Gasteiger partial charge in [0.25, 0.3) is 0 Å². The Kier molecular flexibility index (Phi) is 6.67. The van der Waals surface area contributed by atoms with Gasteiger partial charge in [0.2, 0.25) is 11.8 Å². The molecule has 0 heterocycles. The second-order valence-corrected chi connectivity index (χ2v) is 6.47. The van der Waals surface area contributed by atoms with E-state index in [0.717, 1.165) is 24.9 Å². The van der Waals surface area contributed by atoms with E-state index in [1.54, 1.807) is 19.1 Å². The van der Waals surface area contributed by atoms with E-state index in [1.165, 1.54) is 0 Å². The highest BCUT2D eigenvalue weighted by Gasteiger charge is 2.48. The van der Waals surface area contributed by atoms with Crippen molar-refractivity contribution in [2.45, 2.75) is 32.7 Å². The Hall–Kier alpha value is -2.24. The maximum absolute atomic E-state index is 12.3. The lowest BCUT2D eigenvalue weighted by Gasteiger charge is -2.16.